The number of oxime groups is 1. The second-order valence-corrected chi connectivity index (χ2v) is 11.4. The summed E-state index contributed by atoms with van der Waals surface area (Å²) in [6.07, 6.45) is 11.9. The Hall–Kier alpha value is -0.100. The van der Waals surface area contributed by atoms with Gasteiger partial charge in [0.2, 0.25) is 0 Å². The van der Waals surface area contributed by atoms with E-state index in [4.69, 9.17) is 4.74 Å². The Bertz CT molecular complexity index is 628. The number of allylic oxidation sites excluding steroid dienone is 2. The van der Waals surface area contributed by atoms with Gasteiger partial charge in [-0.1, -0.05) is 60.5 Å². The van der Waals surface area contributed by atoms with Crippen molar-refractivity contribution in [3.05, 3.63) is 11.6 Å². The molecule has 0 saturated heterocycles. The maximum atomic E-state index is 9.25. The van der Waals surface area contributed by atoms with Crippen molar-refractivity contribution in [2.45, 2.75) is 91.6 Å². The highest BCUT2D eigenvalue weighted by molar-refractivity contribution is 14.1. The lowest BCUT2D eigenvalue weighted by molar-refractivity contribution is -0.189. The Labute approximate surface area is 192 Å². The summed E-state index contributed by atoms with van der Waals surface area (Å²) in [5, 5.41) is 12.8. The van der Waals surface area contributed by atoms with Crippen molar-refractivity contribution in [3.63, 3.8) is 0 Å². The minimum Gasteiger partial charge on any atom is -0.411 e. The molecule has 29 heavy (non-hydrogen) atoms. The first kappa shape index (κ1) is 23.6. The van der Waals surface area contributed by atoms with E-state index in [9.17, 15) is 5.21 Å². The zero-order valence-corrected chi connectivity index (χ0v) is 21.4. The summed E-state index contributed by atoms with van der Waals surface area (Å²) in [5.74, 6) is 3.77. The van der Waals surface area contributed by atoms with E-state index in [-0.39, 0.29) is 11.0 Å². The predicted octanol–water partition coefficient (Wildman–Crippen LogP) is 7.26. The third kappa shape index (κ3) is 4.18. The molecule has 2 saturated carbocycles. The van der Waals surface area contributed by atoms with Crippen LogP contribution in [0.4, 0.5) is 0 Å². The van der Waals surface area contributed by atoms with E-state index >= 15 is 0 Å². The smallest absolute Gasteiger partial charge is 0.0795 e. The van der Waals surface area contributed by atoms with Gasteiger partial charge in [-0.25, -0.2) is 0 Å². The summed E-state index contributed by atoms with van der Waals surface area (Å²) >= 11 is 2.44. The molecule has 0 heterocycles. The number of nitrogens with zero attached hydrogens (tertiary/aromatic N) is 1. The third-order valence-electron chi connectivity index (χ3n) is 9.15. The zero-order valence-electron chi connectivity index (χ0n) is 19.2. The second-order valence-electron chi connectivity index (χ2n) is 10.3. The van der Waals surface area contributed by atoms with Crippen molar-refractivity contribution in [2.24, 2.45) is 40.2 Å². The fraction of sp³-hybridized carbons (Fsp3) is 0.880. The molecule has 3 aliphatic rings. The van der Waals surface area contributed by atoms with E-state index < -0.39 is 0 Å². The molecule has 0 aromatic carbocycles. The molecule has 6 atom stereocenters. The highest BCUT2D eigenvalue weighted by atomic mass is 127. The molecule has 3 rings (SSSR count). The highest BCUT2D eigenvalue weighted by Gasteiger charge is 2.59. The summed E-state index contributed by atoms with van der Waals surface area (Å²) in [7, 11) is 0. The minimum atomic E-state index is -0.0780. The van der Waals surface area contributed by atoms with Gasteiger partial charge < -0.3 is 9.94 Å². The van der Waals surface area contributed by atoms with Crippen molar-refractivity contribution in [1.82, 2.24) is 0 Å². The second kappa shape index (κ2) is 9.58. The van der Waals surface area contributed by atoms with Crippen LogP contribution in [0, 0.1) is 35.0 Å². The van der Waals surface area contributed by atoms with Crippen LogP contribution in [-0.4, -0.2) is 27.6 Å². The van der Waals surface area contributed by atoms with Crippen LogP contribution in [0.5, 0.6) is 0 Å². The zero-order chi connectivity index (χ0) is 21.2. The summed E-state index contributed by atoms with van der Waals surface area (Å²) in [5.41, 5.74) is 2.65. The maximum absolute atomic E-state index is 9.25. The van der Waals surface area contributed by atoms with Gasteiger partial charge in [0.25, 0.3) is 0 Å². The quantitative estimate of drug-likeness (QED) is 0.168. The molecule has 1 N–H and O–H groups in total. The van der Waals surface area contributed by atoms with Crippen LogP contribution in [0.2, 0.25) is 0 Å². The Kier molecular flexibility index (Phi) is 7.79. The van der Waals surface area contributed by atoms with Crippen molar-refractivity contribution in [2.75, 3.05) is 11.0 Å². The van der Waals surface area contributed by atoms with Crippen LogP contribution in [0.3, 0.4) is 0 Å². The van der Waals surface area contributed by atoms with Crippen LogP contribution >= 0.6 is 22.6 Å². The molecule has 0 amide bonds. The van der Waals surface area contributed by atoms with Gasteiger partial charge in [0.15, 0.2) is 0 Å². The molecule has 0 aromatic heterocycles. The molecule has 0 aromatic rings. The van der Waals surface area contributed by atoms with E-state index in [2.05, 4.69) is 68.4 Å². The molecular weight excluding hydrogens is 473 g/mol. The van der Waals surface area contributed by atoms with Gasteiger partial charge in [-0.15, -0.1) is 0 Å². The van der Waals surface area contributed by atoms with Gasteiger partial charge in [-0.05, 0) is 94.5 Å². The number of rotatable bonds is 7. The fourth-order valence-electron chi connectivity index (χ4n) is 7.61. The van der Waals surface area contributed by atoms with Gasteiger partial charge in [-0.3, -0.25) is 0 Å². The lowest BCUT2D eigenvalue weighted by atomic mass is 9.45. The van der Waals surface area contributed by atoms with E-state index in [1.165, 1.54) is 44.9 Å². The SMILES string of the molecule is CCC(C)C1C2CCC3=C/C(=N/O)CCC3C2CCC1(CC)C(C)(C)OCCI. The van der Waals surface area contributed by atoms with Crippen LogP contribution < -0.4 is 0 Å². The number of alkyl halides is 1. The first-order valence-electron chi connectivity index (χ1n) is 12.0. The third-order valence-corrected chi connectivity index (χ3v) is 9.59. The van der Waals surface area contributed by atoms with Crippen LogP contribution in [-0.2, 0) is 4.74 Å². The molecule has 4 heteroatoms. The van der Waals surface area contributed by atoms with Crippen molar-refractivity contribution < 1.29 is 9.94 Å². The Morgan fingerprint density at radius 1 is 1.24 bits per heavy atom. The van der Waals surface area contributed by atoms with Crippen molar-refractivity contribution >= 4 is 28.3 Å². The molecule has 3 nitrogen and oxygen atoms in total. The Morgan fingerprint density at radius 3 is 2.62 bits per heavy atom. The first-order valence-corrected chi connectivity index (χ1v) is 13.5. The number of ether oxygens (including phenoxy) is 1. The molecule has 6 unspecified atom stereocenters. The molecule has 0 bridgehead atoms. The van der Waals surface area contributed by atoms with E-state index in [1.807, 2.05) is 0 Å². The van der Waals surface area contributed by atoms with E-state index in [1.54, 1.807) is 5.57 Å². The van der Waals surface area contributed by atoms with Crippen molar-refractivity contribution in [1.29, 1.82) is 0 Å². The summed E-state index contributed by atoms with van der Waals surface area (Å²) in [6.45, 7) is 12.9. The largest absolute Gasteiger partial charge is 0.411 e. The standard InChI is InChI=1S/C25H42INO2/c1-6-17(3)23-22-10-8-18-16-19(27-28)9-11-20(18)21(22)12-13-25(23,7-2)24(4,5)29-15-14-26/h16-17,20-23,28H,6-15H2,1-5H3/b27-19+. The van der Waals surface area contributed by atoms with Gasteiger partial charge in [0, 0.05) is 9.84 Å². The van der Waals surface area contributed by atoms with Crippen LogP contribution in [0.1, 0.15) is 86.0 Å². The average molecular weight is 516 g/mol. The van der Waals surface area contributed by atoms with Gasteiger partial charge in [0.1, 0.15) is 0 Å². The highest BCUT2D eigenvalue weighted by Crippen LogP contribution is 2.63. The average Bonchev–Trinajstić information content (AvgIpc) is 2.75. The lowest BCUT2D eigenvalue weighted by Gasteiger charge is -2.62. The number of fused-ring (bicyclic) bond motifs is 3. The monoisotopic (exact) mass is 515 g/mol. The Morgan fingerprint density at radius 2 is 2.00 bits per heavy atom. The van der Waals surface area contributed by atoms with Gasteiger partial charge in [0.05, 0.1) is 17.9 Å². The predicted molar refractivity (Wildman–Crippen MR) is 130 cm³/mol. The van der Waals surface area contributed by atoms with Crippen LogP contribution in [0.15, 0.2) is 16.8 Å². The molecular formula is C25H42INO2. The summed E-state index contributed by atoms with van der Waals surface area (Å²) in [4.78, 5) is 0. The van der Waals surface area contributed by atoms with Gasteiger partial charge in [-0.2, -0.15) is 0 Å². The normalized spacial score (nSPS) is 37.6. The summed E-state index contributed by atoms with van der Waals surface area (Å²) in [6, 6.07) is 0. The molecule has 166 valence electrons. The van der Waals surface area contributed by atoms with Gasteiger partial charge >= 0.3 is 0 Å². The Balaban J connectivity index is 1.96. The molecule has 0 radical (unpaired) electrons. The number of hydrogen-bond acceptors (Lipinski definition) is 3. The van der Waals surface area contributed by atoms with Crippen molar-refractivity contribution in [3.8, 4) is 0 Å². The minimum absolute atomic E-state index is 0.0780. The first-order chi connectivity index (χ1) is 13.8. The molecule has 0 spiro atoms. The molecule has 0 aliphatic heterocycles. The topological polar surface area (TPSA) is 41.8 Å². The number of hydrogen-bond donors (Lipinski definition) is 1. The van der Waals surface area contributed by atoms with Crippen LogP contribution in [0.25, 0.3) is 0 Å². The number of halogens is 1. The molecule has 2 fully saturated rings. The van der Waals surface area contributed by atoms with E-state index in [0.29, 0.717) is 5.92 Å². The molecule has 3 aliphatic carbocycles. The summed E-state index contributed by atoms with van der Waals surface area (Å²) < 4.78 is 7.65. The van der Waals surface area contributed by atoms with E-state index in [0.717, 1.165) is 46.8 Å². The maximum Gasteiger partial charge on any atom is 0.0795 e. The lowest BCUT2D eigenvalue weighted by Crippen LogP contribution is -2.59. The fourth-order valence-corrected chi connectivity index (χ4v) is 7.83.